The fourth-order valence-electron chi connectivity index (χ4n) is 2.72. The third-order valence-corrected chi connectivity index (χ3v) is 3.32. The van der Waals surface area contributed by atoms with Crippen molar-refractivity contribution >= 4 is 11.8 Å². The van der Waals surface area contributed by atoms with E-state index in [4.69, 9.17) is 11.1 Å². The molecular formula is C9H8N6O2. The summed E-state index contributed by atoms with van der Waals surface area (Å²) in [7, 11) is 0. The minimum Gasteiger partial charge on any atom is -0.292 e. The molecule has 0 aromatic heterocycles. The summed E-state index contributed by atoms with van der Waals surface area (Å²) in [6, 6.07) is 0. The zero-order chi connectivity index (χ0) is 12.4. The zero-order valence-electron chi connectivity index (χ0n) is 8.67. The van der Waals surface area contributed by atoms with Crippen LogP contribution in [0.25, 0.3) is 20.9 Å². The van der Waals surface area contributed by atoms with Gasteiger partial charge in [0.2, 0.25) is 11.8 Å². The Kier molecular flexibility index (Phi) is 2.82. The highest BCUT2D eigenvalue weighted by molar-refractivity contribution is 5.90. The average molecular weight is 232 g/mol. The first-order chi connectivity index (χ1) is 8.19. The standard InChI is InChI=1S/C9H8N6O2/c10-14-12-8(16)6-4-1-2-5(3-4)7(6)9(17)13-15-11/h1-2,4-7H,3H2/t4-,5+,6-,7-/m0/s1. The Hall–Kier alpha value is -2.30. The second-order valence-corrected chi connectivity index (χ2v) is 4.06. The maximum absolute atomic E-state index is 11.6. The van der Waals surface area contributed by atoms with Crippen LogP contribution >= 0.6 is 0 Å². The summed E-state index contributed by atoms with van der Waals surface area (Å²) < 4.78 is 0. The van der Waals surface area contributed by atoms with Crippen molar-refractivity contribution in [2.24, 2.45) is 33.9 Å². The molecule has 0 aliphatic heterocycles. The predicted octanol–water partition coefficient (Wildman–Crippen LogP) is 2.10. The SMILES string of the molecule is [N-]=[N+]=NC(=O)[C@@H]1[C@@H](C(=O)N=[N+]=[N-])[C@H]2C=C[C@@H]1C2. The van der Waals surface area contributed by atoms with Crippen LogP contribution in [-0.4, -0.2) is 11.8 Å². The van der Waals surface area contributed by atoms with Gasteiger partial charge in [0.1, 0.15) is 0 Å². The maximum Gasteiger partial charge on any atom is 0.223 e. The highest BCUT2D eigenvalue weighted by Crippen LogP contribution is 2.49. The van der Waals surface area contributed by atoms with Gasteiger partial charge in [-0.15, -0.1) is 0 Å². The lowest BCUT2D eigenvalue weighted by Gasteiger charge is -2.22. The summed E-state index contributed by atoms with van der Waals surface area (Å²) >= 11 is 0. The fraction of sp³-hybridized carbons (Fsp3) is 0.556. The molecule has 0 aromatic carbocycles. The van der Waals surface area contributed by atoms with Gasteiger partial charge in [-0.3, -0.25) is 9.59 Å². The monoisotopic (exact) mass is 232 g/mol. The van der Waals surface area contributed by atoms with Crippen molar-refractivity contribution in [2.45, 2.75) is 6.42 Å². The van der Waals surface area contributed by atoms with Crippen molar-refractivity contribution in [1.82, 2.24) is 0 Å². The molecule has 0 aromatic rings. The predicted molar refractivity (Wildman–Crippen MR) is 56.0 cm³/mol. The smallest absolute Gasteiger partial charge is 0.223 e. The van der Waals surface area contributed by atoms with Crippen LogP contribution in [0.1, 0.15) is 6.42 Å². The first-order valence-electron chi connectivity index (χ1n) is 5.05. The molecule has 8 nitrogen and oxygen atoms in total. The molecule has 0 N–H and O–H groups in total. The maximum atomic E-state index is 11.6. The molecule has 0 saturated heterocycles. The van der Waals surface area contributed by atoms with E-state index in [2.05, 4.69) is 20.1 Å². The van der Waals surface area contributed by atoms with Crippen molar-refractivity contribution in [3.8, 4) is 0 Å². The second-order valence-electron chi connectivity index (χ2n) is 4.06. The number of fused-ring (bicyclic) bond motifs is 2. The van der Waals surface area contributed by atoms with E-state index in [1.165, 1.54) is 0 Å². The Morgan fingerprint density at radius 3 is 1.76 bits per heavy atom. The van der Waals surface area contributed by atoms with Crippen molar-refractivity contribution < 1.29 is 9.59 Å². The molecule has 0 spiro atoms. The lowest BCUT2D eigenvalue weighted by molar-refractivity contribution is -0.131. The molecule has 4 atom stereocenters. The number of nitrogens with zero attached hydrogens (tertiary/aromatic N) is 6. The van der Waals surface area contributed by atoms with Crippen molar-refractivity contribution in [3.63, 3.8) is 0 Å². The third-order valence-electron chi connectivity index (χ3n) is 3.32. The molecule has 2 rings (SSSR count). The van der Waals surface area contributed by atoms with E-state index in [9.17, 15) is 9.59 Å². The van der Waals surface area contributed by atoms with Crippen LogP contribution < -0.4 is 0 Å². The van der Waals surface area contributed by atoms with Crippen molar-refractivity contribution in [3.05, 3.63) is 33.0 Å². The van der Waals surface area contributed by atoms with Crippen LogP contribution in [0.15, 0.2) is 22.4 Å². The molecule has 86 valence electrons. The topological polar surface area (TPSA) is 132 Å². The van der Waals surface area contributed by atoms with Gasteiger partial charge >= 0.3 is 0 Å². The van der Waals surface area contributed by atoms with Gasteiger partial charge in [0.05, 0.1) is 0 Å². The molecule has 1 saturated carbocycles. The van der Waals surface area contributed by atoms with E-state index in [-0.39, 0.29) is 11.8 Å². The van der Waals surface area contributed by atoms with Crippen LogP contribution in [0.5, 0.6) is 0 Å². The summed E-state index contributed by atoms with van der Waals surface area (Å²) in [4.78, 5) is 28.1. The van der Waals surface area contributed by atoms with E-state index in [0.29, 0.717) is 6.42 Å². The van der Waals surface area contributed by atoms with Gasteiger partial charge in [0.25, 0.3) is 0 Å². The van der Waals surface area contributed by atoms with Crippen molar-refractivity contribution in [1.29, 1.82) is 0 Å². The van der Waals surface area contributed by atoms with Gasteiger partial charge in [0, 0.05) is 21.7 Å². The number of hydrogen-bond donors (Lipinski definition) is 0. The number of rotatable bonds is 2. The molecule has 2 aliphatic rings. The molecule has 8 heteroatoms. The van der Waals surface area contributed by atoms with Gasteiger partial charge in [-0.25, -0.2) is 0 Å². The van der Waals surface area contributed by atoms with E-state index >= 15 is 0 Å². The number of carbonyl (C=O) groups excluding carboxylic acids is 2. The normalized spacial score (nSPS) is 32.7. The average Bonchev–Trinajstić information content (AvgIpc) is 2.89. The van der Waals surface area contributed by atoms with Gasteiger partial charge in [-0.2, -0.15) is 0 Å². The number of carbonyl (C=O) groups is 2. The van der Waals surface area contributed by atoms with Gasteiger partial charge in [-0.1, -0.05) is 12.2 Å². The molecular weight excluding hydrogens is 224 g/mol. The third kappa shape index (κ3) is 1.75. The van der Waals surface area contributed by atoms with E-state index < -0.39 is 23.7 Å². The Labute approximate surface area is 95.5 Å². The molecule has 2 amide bonds. The number of amides is 2. The largest absolute Gasteiger partial charge is 0.292 e. The van der Waals surface area contributed by atoms with E-state index in [1.54, 1.807) is 0 Å². The highest BCUT2D eigenvalue weighted by atomic mass is 16.2. The summed E-state index contributed by atoms with van der Waals surface area (Å²) in [6.07, 6.45) is 4.36. The van der Waals surface area contributed by atoms with Crippen molar-refractivity contribution in [2.75, 3.05) is 0 Å². The lowest BCUT2D eigenvalue weighted by atomic mass is 9.82. The van der Waals surface area contributed by atoms with Crippen LogP contribution in [-0.2, 0) is 9.59 Å². The van der Waals surface area contributed by atoms with Gasteiger partial charge < -0.3 is 0 Å². The molecule has 1 fully saturated rings. The summed E-state index contributed by atoms with van der Waals surface area (Å²) in [5.41, 5.74) is 16.5. The van der Waals surface area contributed by atoms with Crippen LogP contribution in [0, 0.1) is 23.7 Å². The Bertz CT molecular complexity index is 456. The molecule has 17 heavy (non-hydrogen) atoms. The van der Waals surface area contributed by atoms with Crippen LogP contribution in [0.2, 0.25) is 0 Å². The van der Waals surface area contributed by atoms with Crippen LogP contribution in [0.3, 0.4) is 0 Å². The van der Waals surface area contributed by atoms with Gasteiger partial charge in [0.15, 0.2) is 0 Å². The molecule has 0 radical (unpaired) electrons. The Morgan fingerprint density at radius 1 is 1.00 bits per heavy atom. The second kappa shape index (κ2) is 4.29. The Morgan fingerprint density at radius 2 is 1.41 bits per heavy atom. The number of azide groups is 2. The minimum absolute atomic E-state index is 0.0964. The minimum atomic E-state index is -0.682. The van der Waals surface area contributed by atoms with E-state index in [0.717, 1.165) is 0 Å². The quantitative estimate of drug-likeness (QED) is 0.312. The molecule has 0 heterocycles. The summed E-state index contributed by atoms with van der Waals surface area (Å²) in [5.74, 6) is -2.87. The molecule has 0 unspecified atom stereocenters. The first-order valence-corrected chi connectivity index (χ1v) is 5.05. The first kappa shape index (κ1) is 11.2. The number of allylic oxidation sites excluding steroid dienone is 2. The molecule has 2 aliphatic carbocycles. The zero-order valence-corrected chi connectivity index (χ0v) is 8.67. The highest BCUT2D eigenvalue weighted by Gasteiger charge is 2.50. The molecule has 2 bridgehead atoms. The van der Waals surface area contributed by atoms with Crippen LogP contribution in [0.4, 0.5) is 0 Å². The summed E-state index contributed by atoms with van der Waals surface area (Å²) in [6.45, 7) is 0. The number of hydrogen-bond acceptors (Lipinski definition) is 2. The Balaban J connectivity index is 2.32. The lowest BCUT2D eigenvalue weighted by Crippen LogP contribution is -2.31. The fourth-order valence-corrected chi connectivity index (χ4v) is 2.72. The van der Waals surface area contributed by atoms with Gasteiger partial charge in [-0.05, 0) is 39.5 Å². The summed E-state index contributed by atoms with van der Waals surface area (Å²) in [5, 5.41) is 6.08. The van der Waals surface area contributed by atoms with E-state index in [1.807, 2.05) is 12.2 Å².